The molecule has 1 saturated heterocycles. The Morgan fingerprint density at radius 1 is 1.11 bits per heavy atom. The van der Waals surface area contributed by atoms with Crippen molar-refractivity contribution in [2.24, 2.45) is 7.05 Å². The molecule has 1 aliphatic heterocycles. The number of benzene rings is 1. The summed E-state index contributed by atoms with van der Waals surface area (Å²) >= 11 is 0. The summed E-state index contributed by atoms with van der Waals surface area (Å²) in [4.78, 5) is 23.4. The highest BCUT2D eigenvalue weighted by atomic mass is 16.5. The van der Waals surface area contributed by atoms with Crippen LogP contribution in [-0.4, -0.2) is 43.6 Å². The summed E-state index contributed by atoms with van der Waals surface area (Å²) in [6, 6.07) is 9.59. The van der Waals surface area contributed by atoms with Crippen LogP contribution in [0.15, 0.2) is 55.1 Å². The van der Waals surface area contributed by atoms with Gasteiger partial charge >= 0.3 is 0 Å². The summed E-state index contributed by atoms with van der Waals surface area (Å²) in [5.41, 5.74) is 1.48. The molecule has 1 fully saturated rings. The lowest BCUT2D eigenvalue weighted by atomic mass is 9.93. The van der Waals surface area contributed by atoms with Gasteiger partial charge in [-0.3, -0.25) is 14.5 Å². The number of rotatable bonds is 4. The molecule has 3 aromatic rings. The van der Waals surface area contributed by atoms with E-state index in [9.17, 15) is 4.79 Å². The van der Waals surface area contributed by atoms with Crippen LogP contribution < -0.4 is 4.74 Å². The van der Waals surface area contributed by atoms with Crippen LogP contribution >= 0.6 is 0 Å². The van der Waals surface area contributed by atoms with E-state index >= 15 is 0 Å². The number of piperidine rings is 1. The van der Waals surface area contributed by atoms with Gasteiger partial charge in [-0.1, -0.05) is 18.2 Å². The summed E-state index contributed by atoms with van der Waals surface area (Å²) in [5.74, 6) is 1.53. The number of aromatic nitrogens is 4. The lowest BCUT2D eigenvalue weighted by Gasteiger charge is -2.31. The molecule has 0 spiro atoms. The Hall–Kier alpha value is -3.22. The molecule has 0 unspecified atom stereocenters. The number of hydrogen-bond donors (Lipinski definition) is 0. The minimum atomic E-state index is 0.0291. The highest BCUT2D eigenvalue weighted by Gasteiger charge is 2.28. The van der Waals surface area contributed by atoms with E-state index in [4.69, 9.17) is 4.74 Å². The Balaban J connectivity index is 1.45. The number of para-hydroxylation sites is 1. The molecule has 0 atom stereocenters. The van der Waals surface area contributed by atoms with Crippen molar-refractivity contribution in [3.8, 4) is 11.6 Å². The SMILES string of the molecule is Cn1cc(C(=O)N2CCC(c3nccnc3Oc3ccccc3)CC2)cn1. The van der Waals surface area contributed by atoms with Gasteiger partial charge in [-0.2, -0.15) is 5.10 Å². The maximum Gasteiger partial charge on any atom is 0.257 e. The van der Waals surface area contributed by atoms with Gasteiger partial charge in [0.25, 0.3) is 5.91 Å². The van der Waals surface area contributed by atoms with Gasteiger partial charge in [-0.05, 0) is 25.0 Å². The van der Waals surface area contributed by atoms with E-state index in [1.165, 1.54) is 0 Å². The molecule has 1 aliphatic rings. The fourth-order valence-electron chi connectivity index (χ4n) is 3.37. The van der Waals surface area contributed by atoms with E-state index in [0.29, 0.717) is 24.5 Å². The zero-order valence-electron chi connectivity index (χ0n) is 15.2. The molecule has 7 heteroatoms. The van der Waals surface area contributed by atoms with Crippen molar-refractivity contribution in [1.29, 1.82) is 0 Å². The van der Waals surface area contributed by atoms with Crippen LogP contribution in [0.4, 0.5) is 0 Å². The molecule has 1 aromatic carbocycles. The smallest absolute Gasteiger partial charge is 0.257 e. The number of nitrogens with zero attached hydrogens (tertiary/aromatic N) is 5. The zero-order valence-corrected chi connectivity index (χ0v) is 15.2. The van der Waals surface area contributed by atoms with Gasteiger partial charge in [0, 0.05) is 44.6 Å². The largest absolute Gasteiger partial charge is 0.437 e. The van der Waals surface area contributed by atoms with Gasteiger partial charge in [0.15, 0.2) is 0 Å². The second-order valence-corrected chi connectivity index (χ2v) is 6.63. The molecule has 7 nitrogen and oxygen atoms in total. The standard InChI is InChI=1S/C20H21N5O2/c1-24-14-16(13-23-24)20(26)25-11-7-15(8-12-25)18-19(22-10-9-21-18)27-17-5-3-2-4-6-17/h2-6,9-10,13-15H,7-8,11-12H2,1H3. The zero-order chi connectivity index (χ0) is 18.6. The number of likely N-dealkylation sites (tertiary alicyclic amines) is 1. The first kappa shape index (κ1) is 17.2. The lowest BCUT2D eigenvalue weighted by molar-refractivity contribution is 0.0711. The normalized spacial score (nSPS) is 14.9. The Bertz CT molecular complexity index is 917. The Morgan fingerprint density at radius 2 is 1.85 bits per heavy atom. The Morgan fingerprint density at radius 3 is 2.56 bits per heavy atom. The summed E-state index contributed by atoms with van der Waals surface area (Å²) in [5, 5.41) is 4.08. The number of amides is 1. The van der Waals surface area contributed by atoms with E-state index < -0.39 is 0 Å². The number of hydrogen-bond acceptors (Lipinski definition) is 5. The molecule has 0 N–H and O–H groups in total. The van der Waals surface area contributed by atoms with Crippen LogP contribution in [0.2, 0.25) is 0 Å². The van der Waals surface area contributed by atoms with Crippen LogP contribution in [0.5, 0.6) is 11.6 Å². The van der Waals surface area contributed by atoms with Crippen molar-refractivity contribution in [1.82, 2.24) is 24.6 Å². The van der Waals surface area contributed by atoms with E-state index in [1.807, 2.05) is 42.3 Å². The first-order valence-corrected chi connectivity index (χ1v) is 9.02. The van der Waals surface area contributed by atoms with Crippen LogP contribution in [0.3, 0.4) is 0 Å². The fraction of sp³-hybridized carbons (Fsp3) is 0.300. The van der Waals surface area contributed by atoms with E-state index in [-0.39, 0.29) is 11.8 Å². The molecule has 138 valence electrons. The third-order valence-corrected chi connectivity index (χ3v) is 4.77. The van der Waals surface area contributed by atoms with E-state index in [2.05, 4.69) is 15.1 Å². The van der Waals surface area contributed by atoms with Crippen molar-refractivity contribution in [2.75, 3.05) is 13.1 Å². The van der Waals surface area contributed by atoms with Crippen molar-refractivity contribution in [3.63, 3.8) is 0 Å². The first-order chi connectivity index (χ1) is 13.2. The molecule has 0 aliphatic carbocycles. The Kier molecular flexibility index (Phi) is 4.82. The van der Waals surface area contributed by atoms with Gasteiger partial charge in [-0.25, -0.2) is 4.98 Å². The summed E-state index contributed by atoms with van der Waals surface area (Å²) in [7, 11) is 1.81. The monoisotopic (exact) mass is 363 g/mol. The molecule has 4 rings (SSSR count). The minimum Gasteiger partial charge on any atom is -0.437 e. The summed E-state index contributed by atoms with van der Waals surface area (Å²) < 4.78 is 7.59. The van der Waals surface area contributed by atoms with E-state index in [0.717, 1.165) is 24.3 Å². The van der Waals surface area contributed by atoms with Crippen molar-refractivity contribution in [3.05, 3.63) is 66.4 Å². The summed E-state index contributed by atoms with van der Waals surface area (Å²) in [6.45, 7) is 1.36. The van der Waals surface area contributed by atoms with Gasteiger partial charge in [-0.15, -0.1) is 0 Å². The van der Waals surface area contributed by atoms with Crippen molar-refractivity contribution >= 4 is 5.91 Å². The predicted octanol–water partition coefficient (Wildman–Crippen LogP) is 3.02. The third-order valence-electron chi connectivity index (χ3n) is 4.77. The third kappa shape index (κ3) is 3.81. The molecule has 1 amide bonds. The molecular formula is C20H21N5O2. The average molecular weight is 363 g/mol. The highest BCUT2D eigenvalue weighted by Crippen LogP contribution is 2.33. The van der Waals surface area contributed by atoms with Crippen LogP contribution in [0.1, 0.15) is 34.8 Å². The number of carbonyl (C=O) groups excluding carboxylic acids is 1. The van der Waals surface area contributed by atoms with Crippen molar-refractivity contribution in [2.45, 2.75) is 18.8 Å². The van der Waals surface area contributed by atoms with Gasteiger partial charge < -0.3 is 9.64 Å². The van der Waals surface area contributed by atoms with Crippen LogP contribution in [-0.2, 0) is 7.05 Å². The molecule has 0 bridgehead atoms. The number of carbonyl (C=O) groups is 1. The molecule has 27 heavy (non-hydrogen) atoms. The highest BCUT2D eigenvalue weighted by molar-refractivity contribution is 5.93. The minimum absolute atomic E-state index is 0.0291. The predicted molar refractivity (Wildman–Crippen MR) is 99.6 cm³/mol. The first-order valence-electron chi connectivity index (χ1n) is 9.02. The summed E-state index contributed by atoms with van der Waals surface area (Å²) in [6.07, 6.45) is 8.36. The molecule has 0 radical (unpaired) electrons. The maximum absolute atomic E-state index is 12.6. The second-order valence-electron chi connectivity index (χ2n) is 6.63. The molecule has 3 heterocycles. The van der Waals surface area contributed by atoms with E-state index in [1.54, 1.807) is 29.5 Å². The quantitative estimate of drug-likeness (QED) is 0.712. The van der Waals surface area contributed by atoms with Gasteiger partial charge in [0.05, 0.1) is 11.8 Å². The Labute approximate surface area is 157 Å². The number of ether oxygens (including phenoxy) is 1. The van der Waals surface area contributed by atoms with Gasteiger partial charge in [0.2, 0.25) is 5.88 Å². The fourth-order valence-corrected chi connectivity index (χ4v) is 3.37. The maximum atomic E-state index is 12.6. The molecule has 2 aromatic heterocycles. The molecule has 0 saturated carbocycles. The molecular weight excluding hydrogens is 342 g/mol. The van der Waals surface area contributed by atoms with Crippen LogP contribution in [0, 0.1) is 0 Å². The topological polar surface area (TPSA) is 73.1 Å². The van der Waals surface area contributed by atoms with Crippen molar-refractivity contribution < 1.29 is 9.53 Å². The van der Waals surface area contributed by atoms with Crippen LogP contribution in [0.25, 0.3) is 0 Å². The number of aryl methyl sites for hydroxylation is 1. The average Bonchev–Trinajstić information content (AvgIpc) is 3.15. The van der Waals surface area contributed by atoms with Gasteiger partial charge in [0.1, 0.15) is 11.4 Å². The lowest BCUT2D eigenvalue weighted by Crippen LogP contribution is -2.38. The second kappa shape index (κ2) is 7.57.